The second-order valence-electron chi connectivity index (χ2n) is 9.89. The van der Waals surface area contributed by atoms with Gasteiger partial charge in [-0.05, 0) is 67.8 Å². The molecule has 1 aliphatic carbocycles. The summed E-state index contributed by atoms with van der Waals surface area (Å²) in [5, 5.41) is 4.07. The molecule has 0 radical (unpaired) electrons. The van der Waals surface area contributed by atoms with Gasteiger partial charge in [0.05, 0.1) is 20.6 Å². The molecule has 4 rings (SSSR count). The molecule has 0 aromatic heterocycles. The number of rotatable bonds is 10. The zero-order valence-electron chi connectivity index (χ0n) is 22.2. The summed E-state index contributed by atoms with van der Waals surface area (Å²) in [6.07, 6.45) is 3.80. The molecular formula is C29H29Cl4N3O4S. The van der Waals surface area contributed by atoms with E-state index in [1.165, 1.54) is 35.2 Å². The van der Waals surface area contributed by atoms with Gasteiger partial charge >= 0.3 is 0 Å². The molecule has 12 heteroatoms. The molecule has 218 valence electrons. The number of nitrogens with one attached hydrogen (secondary N) is 1. The van der Waals surface area contributed by atoms with Crippen LogP contribution in [0.3, 0.4) is 0 Å². The lowest BCUT2D eigenvalue weighted by Gasteiger charge is -2.32. The molecule has 1 N–H and O–H groups in total. The molecule has 7 nitrogen and oxygen atoms in total. The summed E-state index contributed by atoms with van der Waals surface area (Å²) in [6, 6.07) is 16.1. The van der Waals surface area contributed by atoms with Crippen molar-refractivity contribution >= 4 is 73.9 Å². The third kappa shape index (κ3) is 7.87. The maximum absolute atomic E-state index is 14.0. The van der Waals surface area contributed by atoms with Crippen LogP contribution in [0.2, 0.25) is 20.1 Å². The van der Waals surface area contributed by atoms with Crippen LogP contribution >= 0.6 is 46.4 Å². The monoisotopic (exact) mass is 655 g/mol. The van der Waals surface area contributed by atoms with Gasteiger partial charge in [0.25, 0.3) is 10.0 Å². The van der Waals surface area contributed by atoms with E-state index in [1.54, 1.807) is 43.3 Å². The number of amides is 2. The van der Waals surface area contributed by atoms with E-state index in [0.29, 0.717) is 15.6 Å². The van der Waals surface area contributed by atoms with Crippen LogP contribution in [0.1, 0.15) is 38.2 Å². The Bertz CT molecular complexity index is 1500. The number of hydrogen-bond donors (Lipinski definition) is 1. The topological polar surface area (TPSA) is 86.8 Å². The molecule has 1 fully saturated rings. The van der Waals surface area contributed by atoms with E-state index in [2.05, 4.69) is 5.32 Å². The van der Waals surface area contributed by atoms with Crippen LogP contribution in [0.4, 0.5) is 5.69 Å². The lowest BCUT2D eigenvalue weighted by Crippen LogP contribution is -2.52. The summed E-state index contributed by atoms with van der Waals surface area (Å²) in [4.78, 5) is 28.6. The van der Waals surface area contributed by atoms with Crippen LogP contribution < -0.4 is 9.62 Å². The summed E-state index contributed by atoms with van der Waals surface area (Å²) in [7, 11) is -4.24. The zero-order valence-corrected chi connectivity index (χ0v) is 26.0. The van der Waals surface area contributed by atoms with E-state index in [0.717, 1.165) is 30.0 Å². The molecule has 1 saturated carbocycles. The van der Waals surface area contributed by atoms with Gasteiger partial charge in [-0.25, -0.2) is 8.42 Å². The summed E-state index contributed by atoms with van der Waals surface area (Å²) < 4.78 is 28.6. The van der Waals surface area contributed by atoms with Crippen molar-refractivity contribution in [2.75, 3.05) is 10.8 Å². The number of nitrogens with zero attached hydrogens (tertiary/aromatic N) is 2. The molecule has 1 aliphatic rings. The quantitative estimate of drug-likeness (QED) is 0.255. The highest BCUT2D eigenvalue weighted by molar-refractivity contribution is 7.92. The molecule has 2 amide bonds. The molecule has 41 heavy (non-hydrogen) atoms. The fourth-order valence-corrected chi connectivity index (χ4v) is 7.00. The van der Waals surface area contributed by atoms with Crippen molar-refractivity contribution in [3.05, 3.63) is 92.4 Å². The van der Waals surface area contributed by atoms with Crippen LogP contribution in [0.15, 0.2) is 71.6 Å². The standard InChI is InChI=1S/C29H29Cl4N3O4S/c1-19(29(38)34-23-7-5-6-8-23)35(17-20-11-12-26(32)27(33)13-20)28(37)18-36(24-15-21(30)14-22(31)16-24)41(39,40)25-9-3-2-4-10-25/h2-4,9-16,19,23H,5-8,17-18H2,1H3,(H,34,38). The van der Waals surface area contributed by atoms with Gasteiger partial charge in [0.1, 0.15) is 12.6 Å². The Morgan fingerprint density at radius 3 is 2.15 bits per heavy atom. The highest BCUT2D eigenvalue weighted by Gasteiger charge is 2.33. The van der Waals surface area contributed by atoms with Crippen molar-refractivity contribution < 1.29 is 18.0 Å². The van der Waals surface area contributed by atoms with E-state index in [1.807, 2.05) is 0 Å². The van der Waals surface area contributed by atoms with Crippen LogP contribution in [-0.4, -0.2) is 43.8 Å². The Labute approximate surface area is 260 Å². The number of carbonyl (C=O) groups excluding carboxylic acids is 2. The van der Waals surface area contributed by atoms with Gasteiger partial charge in [-0.1, -0.05) is 83.5 Å². The van der Waals surface area contributed by atoms with Crippen molar-refractivity contribution in [3.63, 3.8) is 0 Å². The van der Waals surface area contributed by atoms with Gasteiger partial charge in [-0.2, -0.15) is 0 Å². The molecule has 1 atom stereocenters. The van der Waals surface area contributed by atoms with E-state index in [9.17, 15) is 18.0 Å². The lowest BCUT2D eigenvalue weighted by molar-refractivity contribution is -0.139. The predicted molar refractivity (Wildman–Crippen MR) is 164 cm³/mol. The molecule has 3 aromatic rings. The Kier molecular flexibility index (Phi) is 10.5. The molecule has 1 unspecified atom stereocenters. The minimum absolute atomic E-state index is 0.00942. The van der Waals surface area contributed by atoms with Gasteiger partial charge in [-0.3, -0.25) is 13.9 Å². The van der Waals surface area contributed by atoms with Crippen LogP contribution in [0.25, 0.3) is 0 Å². The van der Waals surface area contributed by atoms with Gasteiger partial charge in [0, 0.05) is 22.6 Å². The number of hydrogen-bond acceptors (Lipinski definition) is 4. The molecule has 0 bridgehead atoms. The van der Waals surface area contributed by atoms with E-state index < -0.39 is 28.5 Å². The fraction of sp³-hybridized carbons (Fsp3) is 0.310. The first-order valence-corrected chi connectivity index (χ1v) is 16.0. The first-order chi connectivity index (χ1) is 19.5. The zero-order chi connectivity index (χ0) is 29.7. The van der Waals surface area contributed by atoms with Gasteiger partial charge in [-0.15, -0.1) is 0 Å². The summed E-state index contributed by atoms with van der Waals surface area (Å²) >= 11 is 24.8. The summed E-state index contributed by atoms with van der Waals surface area (Å²) in [5.74, 6) is -0.936. The van der Waals surface area contributed by atoms with Crippen LogP contribution in [0, 0.1) is 0 Å². The highest BCUT2D eigenvalue weighted by Crippen LogP contribution is 2.30. The first kappa shape index (κ1) is 31.4. The van der Waals surface area contributed by atoms with Crippen LogP contribution in [-0.2, 0) is 26.2 Å². The molecule has 0 heterocycles. The minimum atomic E-state index is -4.24. The smallest absolute Gasteiger partial charge is 0.264 e. The Morgan fingerprint density at radius 2 is 1.54 bits per heavy atom. The average Bonchev–Trinajstić information content (AvgIpc) is 3.44. The Morgan fingerprint density at radius 1 is 0.902 bits per heavy atom. The van der Waals surface area contributed by atoms with Crippen molar-refractivity contribution in [2.24, 2.45) is 0 Å². The van der Waals surface area contributed by atoms with Crippen molar-refractivity contribution in [1.29, 1.82) is 0 Å². The molecule has 0 aliphatic heterocycles. The summed E-state index contributed by atoms with van der Waals surface area (Å²) in [5.41, 5.74) is 0.730. The third-order valence-corrected chi connectivity index (χ3v) is 9.91. The van der Waals surface area contributed by atoms with Gasteiger partial charge < -0.3 is 10.2 Å². The molecular weight excluding hydrogens is 628 g/mol. The number of sulfonamides is 1. The predicted octanol–water partition coefficient (Wildman–Crippen LogP) is 6.97. The maximum Gasteiger partial charge on any atom is 0.264 e. The van der Waals surface area contributed by atoms with Gasteiger partial charge in [0.15, 0.2) is 0 Å². The van der Waals surface area contributed by atoms with E-state index in [4.69, 9.17) is 46.4 Å². The fourth-order valence-electron chi connectivity index (χ4n) is 4.74. The first-order valence-electron chi connectivity index (χ1n) is 13.0. The summed E-state index contributed by atoms with van der Waals surface area (Å²) in [6.45, 7) is 0.993. The molecule has 3 aromatic carbocycles. The third-order valence-electron chi connectivity index (χ3n) is 6.95. The molecule has 0 spiro atoms. The number of halogens is 4. The van der Waals surface area contributed by atoms with Crippen molar-refractivity contribution in [3.8, 4) is 0 Å². The lowest BCUT2D eigenvalue weighted by atomic mass is 10.1. The molecule has 0 saturated heterocycles. The largest absolute Gasteiger partial charge is 0.352 e. The Balaban J connectivity index is 1.71. The number of anilines is 1. The van der Waals surface area contributed by atoms with Gasteiger partial charge in [0.2, 0.25) is 11.8 Å². The van der Waals surface area contributed by atoms with Crippen molar-refractivity contribution in [1.82, 2.24) is 10.2 Å². The van der Waals surface area contributed by atoms with Crippen LogP contribution in [0.5, 0.6) is 0 Å². The highest BCUT2D eigenvalue weighted by atomic mass is 35.5. The normalized spacial score (nSPS) is 14.5. The van der Waals surface area contributed by atoms with E-state index >= 15 is 0 Å². The second kappa shape index (κ2) is 13.7. The maximum atomic E-state index is 14.0. The average molecular weight is 657 g/mol. The van der Waals surface area contributed by atoms with Crippen molar-refractivity contribution in [2.45, 2.75) is 56.1 Å². The number of benzene rings is 3. The SMILES string of the molecule is CC(C(=O)NC1CCCC1)N(Cc1ccc(Cl)c(Cl)c1)C(=O)CN(c1cc(Cl)cc(Cl)c1)S(=O)(=O)c1ccccc1. The number of carbonyl (C=O) groups is 2. The Hall–Kier alpha value is -2.49. The second-order valence-corrected chi connectivity index (χ2v) is 13.4. The van der Waals surface area contributed by atoms with E-state index in [-0.39, 0.29) is 39.1 Å². The minimum Gasteiger partial charge on any atom is -0.352 e.